The van der Waals surface area contributed by atoms with E-state index < -0.39 is 23.3 Å². The van der Waals surface area contributed by atoms with Crippen molar-refractivity contribution in [1.82, 2.24) is 24.2 Å². The number of aliphatic carboxylic acids is 1. The molecular weight excluding hydrogens is 487 g/mol. The number of halogens is 3. The Kier molecular flexibility index (Phi) is 6.90. The van der Waals surface area contributed by atoms with E-state index in [1.165, 1.54) is 4.68 Å². The largest absolute Gasteiger partial charge is 0.490 e. The molecule has 1 spiro atoms. The van der Waals surface area contributed by atoms with E-state index in [0.29, 0.717) is 13.1 Å². The minimum Gasteiger partial charge on any atom is -0.475 e. The van der Waals surface area contributed by atoms with Crippen molar-refractivity contribution in [3.05, 3.63) is 79.0 Å². The second-order valence-electron chi connectivity index (χ2n) is 8.44. The highest BCUT2D eigenvalue weighted by atomic mass is 32.1. The van der Waals surface area contributed by atoms with Crippen LogP contribution in [-0.4, -0.2) is 54.6 Å². The number of rotatable bonds is 4. The van der Waals surface area contributed by atoms with Crippen LogP contribution in [0.25, 0.3) is 0 Å². The lowest BCUT2D eigenvalue weighted by Gasteiger charge is -2.23. The molecule has 5 heterocycles. The van der Waals surface area contributed by atoms with Crippen LogP contribution in [0, 0.1) is 0 Å². The number of hydrogen-bond donors (Lipinski definition) is 1. The summed E-state index contributed by atoms with van der Waals surface area (Å²) in [5.41, 5.74) is -0.0801. The van der Waals surface area contributed by atoms with Crippen LogP contribution in [0.1, 0.15) is 29.2 Å². The zero-order chi connectivity index (χ0) is 25.2. The Labute approximate surface area is 201 Å². The highest BCUT2D eigenvalue weighted by Gasteiger charge is 2.47. The van der Waals surface area contributed by atoms with Gasteiger partial charge in [-0.25, -0.2) is 9.48 Å². The molecule has 0 aliphatic carbocycles. The van der Waals surface area contributed by atoms with Gasteiger partial charge in [0.05, 0.1) is 12.2 Å². The Bertz CT molecular complexity index is 1310. The Morgan fingerprint density at radius 2 is 1.83 bits per heavy atom. The average Bonchev–Trinajstić information content (AvgIpc) is 3.55. The summed E-state index contributed by atoms with van der Waals surface area (Å²) in [5.74, 6) is -1.98. The number of thiophene rings is 1. The van der Waals surface area contributed by atoms with E-state index in [2.05, 4.69) is 9.88 Å². The van der Waals surface area contributed by atoms with Crippen LogP contribution in [0.4, 0.5) is 13.2 Å². The number of nitrogens with zero attached hydrogens (tertiary/aromatic N) is 5. The number of carboxylic acid groups (broad SMARTS) is 1. The Hall–Kier alpha value is -3.32. The van der Waals surface area contributed by atoms with Crippen LogP contribution >= 0.6 is 11.3 Å². The van der Waals surface area contributed by atoms with Gasteiger partial charge in [0.15, 0.2) is 0 Å². The van der Waals surface area contributed by atoms with Crippen molar-refractivity contribution in [3.63, 3.8) is 0 Å². The maximum absolute atomic E-state index is 12.7. The third-order valence-corrected chi connectivity index (χ3v) is 6.96. The van der Waals surface area contributed by atoms with Crippen molar-refractivity contribution in [2.45, 2.75) is 44.1 Å². The summed E-state index contributed by atoms with van der Waals surface area (Å²) in [6, 6.07) is 9.87. The SMILES string of the molecule is O=C(O)C(F)(F)F.O=c1c(=O)n2c(nn1Cc1cccs1)C1(CCN(Cc3ccccn3)C1)CC2. The molecule has 35 heavy (non-hydrogen) atoms. The van der Waals surface area contributed by atoms with Crippen molar-refractivity contribution in [1.29, 1.82) is 0 Å². The summed E-state index contributed by atoms with van der Waals surface area (Å²) in [6.45, 7) is 3.51. The Morgan fingerprint density at radius 3 is 2.46 bits per heavy atom. The second-order valence-corrected chi connectivity index (χ2v) is 9.47. The average molecular weight is 510 g/mol. The lowest BCUT2D eigenvalue weighted by atomic mass is 9.85. The van der Waals surface area contributed by atoms with Crippen LogP contribution in [0.3, 0.4) is 0 Å². The minimum atomic E-state index is -5.08. The number of pyridine rings is 1. The van der Waals surface area contributed by atoms with Crippen molar-refractivity contribution in [2.24, 2.45) is 0 Å². The number of alkyl halides is 3. The summed E-state index contributed by atoms with van der Waals surface area (Å²) < 4.78 is 34.7. The fourth-order valence-electron chi connectivity index (χ4n) is 4.43. The number of carboxylic acids is 1. The minimum absolute atomic E-state index is 0.154. The van der Waals surface area contributed by atoms with Gasteiger partial charge >= 0.3 is 23.3 Å². The Morgan fingerprint density at radius 1 is 1.09 bits per heavy atom. The lowest BCUT2D eigenvalue weighted by molar-refractivity contribution is -0.192. The highest BCUT2D eigenvalue weighted by Crippen LogP contribution is 2.40. The van der Waals surface area contributed by atoms with E-state index in [1.54, 1.807) is 15.9 Å². The molecule has 186 valence electrons. The first kappa shape index (κ1) is 24.8. The molecule has 1 fully saturated rings. The molecule has 3 aromatic rings. The van der Waals surface area contributed by atoms with Crippen molar-refractivity contribution in [2.75, 3.05) is 13.1 Å². The van der Waals surface area contributed by atoms with Gasteiger partial charge in [0.1, 0.15) is 5.82 Å². The quantitative estimate of drug-likeness (QED) is 0.537. The monoisotopic (exact) mass is 509 g/mol. The lowest BCUT2D eigenvalue weighted by Crippen LogP contribution is -2.45. The standard InChI is InChI=1S/C20H21N5O2S.C2HF3O2/c26-17-18(27)25(13-16-5-3-11-28-16)22-19-20(7-10-24(17)19)6-9-23(14-20)12-15-4-1-2-8-21-15;3-2(4,5)1(6)7/h1-5,8,11H,6-7,9-10,12-14H2;(H,6,7). The summed E-state index contributed by atoms with van der Waals surface area (Å²) in [4.78, 5) is 41.9. The molecule has 2 aliphatic heterocycles. The zero-order valence-electron chi connectivity index (χ0n) is 18.4. The van der Waals surface area contributed by atoms with E-state index >= 15 is 0 Å². The molecule has 1 N–H and O–H groups in total. The number of carbonyl (C=O) groups is 1. The van der Waals surface area contributed by atoms with Gasteiger partial charge < -0.3 is 5.11 Å². The normalized spacial score (nSPS) is 19.4. The summed E-state index contributed by atoms with van der Waals surface area (Å²) in [7, 11) is 0. The molecule has 1 unspecified atom stereocenters. The van der Waals surface area contributed by atoms with Crippen LogP contribution < -0.4 is 11.1 Å². The summed E-state index contributed by atoms with van der Waals surface area (Å²) >= 11 is 1.57. The number of fused-ring (bicyclic) bond motifs is 2. The van der Waals surface area contributed by atoms with Crippen molar-refractivity contribution in [3.8, 4) is 0 Å². The fraction of sp³-hybridized carbons (Fsp3) is 0.409. The van der Waals surface area contributed by atoms with Crippen molar-refractivity contribution >= 4 is 17.3 Å². The number of likely N-dealkylation sites (tertiary alicyclic amines) is 1. The van der Waals surface area contributed by atoms with Gasteiger partial charge in [-0.2, -0.15) is 18.3 Å². The highest BCUT2D eigenvalue weighted by molar-refractivity contribution is 7.09. The van der Waals surface area contributed by atoms with Gasteiger partial charge in [-0.3, -0.25) is 24.0 Å². The van der Waals surface area contributed by atoms with Gasteiger partial charge in [-0.1, -0.05) is 12.1 Å². The molecule has 0 radical (unpaired) electrons. The van der Waals surface area contributed by atoms with E-state index in [1.807, 2.05) is 41.9 Å². The van der Waals surface area contributed by atoms with E-state index in [0.717, 1.165) is 48.9 Å². The molecule has 0 amide bonds. The van der Waals surface area contributed by atoms with Gasteiger partial charge in [0, 0.05) is 36.1 Å². The second kappa shape index (κ2) is 9.74. The molecule has 1 saturated heterocycles. The fourth-order valence-corrected chi connectivity index (χ4v) is 5.12. The van der Waals surface area contributed by atoms with Gasteiger partial charge in [0.2, 0.25) is 0 Å². The maximum Gasteiger partial charge on any atom is 0.490 e. The van der Waals surface area contributed by atoms with Crippen LogP contribution in [0.2, 0.25) is 0 Å². The van der Waals surface area contributed by atoms with Crippen LogP contribution in [0.15, 0.2) is 51.5 Å². The number of aromatic nitrogens is 4. The van der Waals surface area contributed by atoms with E-state index in [-0.39, 0.29) is 5.41 Å². The molecule has 0 aromatic carbocycles. The van der Waals surface area contributed by atoms with Gasteiger partial charge in [-0.05, 0) is 43.0 Å². The Balaban J connectivity index is 0.000000364. The predicted molar refractivity (Wildman–Crippen MR) is 120 cm³/mol. The topological polar surface area (TPSA) is 110 Å². The molecule has 1 atom stereocenters. The predicted octanol–water partition coefficient (Wildman–Crippen LogP) is 2.09. The molecule has 9 nitrogen and oxygen atoms in total. The summed E-state index contributed by atoms with van der Waals surface area (Å²) in [6.07, 6.45) is -1.46. The molecule has 5 rings (SSSR count). The smallest absolute Gasteiger partial charge is 0.475 e. The van der Waals surface area contributed by atoms with Crippen LogP contribution in [-0.2, 0) is 29.8 Å². The maximum atomic E-state index is 12.7. The molecule has 0 bridgehead atoms. The van der Waals surface area contributed by atoms with Gasteiger partial charge in [-0.15, -0.1) is 11.3 Å². The third kappa shape index (κ3) is 5.35. The number of hydrogen-bond acceptors (Lipinski definition) is 7. The third-order valence-electron chi connectivity index (χ3n) is 6.09. The molecule has 0 saturated carbocycles. The van der Waals surface area contributed by atoms with Gasteiger partial charge in [0.25, 0.3) is 0 Å². The first-order valence-electron chi connectivity index (χ1n) is 10.8. The first-order valence-corrected chi connectivity index (χ1v) is 11.6. The van der Waals surface area contributed by atoms with E-state index in [9.17, 15) is 22.8 Å². The molecule has 13 heteroatoms. The summed E-state index contributed by atoms with van der Waals surface area (Å²) in [5, 5.41) is 13.8. The molecule has 2 aliphatic rings. The first-order chi connectivity index (χ1) is 16.6. The molecule has 3 aromatic heterocycles. The van der Waals surface area contributed by atoms with Crippen LogP contribution in [0.5, 0.6) is 0 Å². The van der Waals surface area contributed by atoms with Crippen molar-refractivity contribution < 1.29 is 23.1 Å². The van der Waals surface area contributed by atoms with E-state index in [4.69, 9.17) is 15.0 Å². The zero-order valence-corrected chi connectivity index (χ0v) is 19.3. The molecular formula is C22H22F3N5O4S.